The monoisotopic (exact) mass is 508 g/mol. The topological polar surface area (TPSA) is 44.1 Å². The highest BCUT2D eigenvalue weighted by atomic mass is 127. The summed E-state index contributed by atoms with van der Waals surface area (Å²) in [6.07, 6.45) is 4.64. The Kier molecular flexibility index (Phi) is 6.28. The summed E-state index contributed by atoms with van der Waals surface area (Å²) in [5, 5.41) is 0.650. The van der Waals surface area contributed by atoms with Crippen LogP contribution in [0.4, 0.5) is 0 Å². The van der Waals surface area contributed by atoms with Gasteiger partial charge in [0.25, 0.3) is 5.56 Å². The van der Waals surface area contributed by atoms with Crippen molar-refractivity contribution in [2.24, 2.45) is 0 Å². The predicted molar refractivity (Wildman–Crippen MR) is 131 cm³/mol. The Bertz CT molecular complexity index is 1250. The number of fused-ring (bicyclic) bond motifs is 1. The summed E-state index contributed by atoms with van der Waals surface area (Å²) < 4.78 is 8.01. The van der Waals surface area contributed by atoms with Gasteiger partial charge in [-0.15, -0.1) is 0 Å². The number of rotatable bonds is 6. The summed E-state index contributed by atoms with van der Waals surface area (Å²) in [6.45, 7) is 0.569. The van der Waals surface area contributed by atoms with E-state index >= 15 is 0 Å². The second kappa shape index (κ2) is 9.26. The van der Waals surface area contributed by atoms with E-state index < -0.39 is 0 Å². The fourth-order valence-electron chi connectivity index (χ4n) is 3.32. The highest BCUT2D eigenvalue weighted by Gasteiger charge is 2.10. The molecule has 0 atom stereocenters. The minimum Gasteiger partial charge on any atom is -0.497 e. The van der Waals surface area contributed by atoms with Crippen LogP contribution in [0.5, 0.6) is 5.75 Å². The van der Waals surface area contributed by atoms with E-state index in [1.54, 1.807) is 11.7 Å². The molecule has 0 spiro atoms. The van der Waals surface area contributed by atoms with Gasteiger partial charge in [0.15, 0.2) is 0 Å². The van der Waals surface area contributed by atoms with Crippen molar-refractivity contribution in [3.8, 4) is 5.75 Å². The first-order valence-electron chi connectivity index (χ1n) is 9.70. The van der Waals surface area contributed by atoms with Crippen molar-refractivity contribution in [2.75, 3.05) is 7.11 Å². The summed E-state index contributed by atoms with van der Waals surface area (Å²) in [6, 6.07) is 23.8. The van der Waals surface area contributed by atoms with E-state index in [0.29, 0.717) is 23.3 Å². The molecule has 5 heteroatoms. The van der Waals surface area contributed by atoms with E-state index in [0.717, 1.165) is 21.3 Å². The quantitative estimate of drug-likeness (QED) is 0.327. The first-order chi connectivity index (χ1) is 14.6. The van der Waals surface area contributed by atoms with Gasteiger partial charge in [-0.1, -0.05) is 48.5 Å². The number of benzene rings is 3. The lowest BCUT2D eigenvalue weighted by atomic mass is 10.1. The lowest BCUT2D eigenvalue weighted by molar-refractivity contribution is 0.415. The Labute approximate surface area is 189 Å². The molecule has 0 radical (unpaired) electrons. The summed E-state index contributed by atoms with van der Waals surface area (Å²) >= 11 is 2.23. The number of methoxy groups -OCH3 is 1. The molecule has 1 heterocycles. The summed E-state index contributed by atoms with van der Waals surface area (Å²) in [7, 11) is 1.65. The lowest BCUT2D eigenvalue weighted by Crippen LogP contribution is -2.25. The van der Waals surface area contributed by atoms with Gasteiger partial charge in [-0.05, 0) is 76.5 Å². The molecule has 4 rings (SSSR count). The van der Waals surface area contributed by atoms with Crippen molar-refractivity contribution >= 4 is 45.6 Å². The highest BCUT2D eigenvalue weighted by molar-refractivity contribution is 14.1. The number of ether oxygens (including phenoxy) is 1. The maximum Gasteiger partial charge on any atom is 0.261 e. The number of aryl methyl sites for hydroxylation is 1. The standard InChI is InChI=1S/C25H21IN2O2/c1-30-21-11-7-19(8-12-21)9-14-24-27-23-13-10-20(26)17-22(23)25(29)28(24)16-15-18-5-3-2-4-6-18/h2-14,17H,15-16H2,1H3. The minimum absolute atomic E-state index is 0.0103. The Balaban J connectivity index is 1.74. The molecule has 1 aromatic heterocycles. The zero-order valence-electron chi connectivity index (χ0n) is 16.6. The molecule has 0 N–H and O–H groups in total. The van der Waals surface area contributed by atoms with Crippen LogP contribution in [-0.2, 0) is 13.0 Å². The Morgan fingerprint density at radius 2 is 1.77 bits per heavy atom. The van der Waals surface area contributed by atoms with Crippen LogP contribution in [-0.4, -0.2) is 16.7 Å². The molecule has 150 valence electrons. The Morgan fingerprint density at radius 1 is 1.00 bits per heavy atom. The van der Waals surface area contributed by atoms with Crippen LogP contribution in [0.15, 0.2) is 77.6 Å². The van der Waals surface area contributed by atoms with E-state index in [9.17, 15) is 4.79 Å². The summed E-state index contributed by atoms with van der Waals surface area (Å²) in [5.74, 6) is 1.46. The molecule has 0 aliphatic carbocycles. The number of nitrogens with zero attached hydrogens (tertiary/aromatic N) is 2. The average molecular weight is 508 g/mol. The molecule has 0 bridgehead atoms. The van der Waals surface area contributed by atoms with Crippen molar-refractivity contribution in [2.45, 2.75) is 13.0 Å². The van der Waals surface area contributed by atoms with Crippen LogP contribution in [0.1, 0.15) is 17.0 Å². The smallest absolute Gasteiger partial charge is 0.261 e. The largest absolute Gasteiger partial charge is 0.497 e. The molecule has 30 heavy (non-hydrogen) atoms. The van der Waals surface area contributed by atoms with Crippen molar-refractivity contribution < 1.29 is 4.74 Å². The van der Waals surface area contributed by atoms with Gasteiger partial charge in [0.2, 0.25) is 0 Å². The van der Waals surface area contributed by atoms with Crippen LogP contribution >= 0.6 is 22.6 Å². The fraction of sp³-hybridized carbons (Fsp3) is 0.120. The van der Waals surface area contributed by atoms with E-state index in [1.807, 2.05) is 72.8 Å². The van der Waals surface area contributed by atoms with Gasteiger partial charge in [0.1, 0.15) is 11.6 Å². The second-order valence-electron chi connectivity index (χ2n) is 6.93. The van der Waals surface area contributed by atoms with Crippen LogP contribution in [0, 0.1) is 3.57 Å². The van der Waals surface area contributed by atoms with Crippen LogP contribution in [0.25, 0.3) is 23.1 Å². The van der Waals surface area contributed by atoms with Gasteiger partial charge >= 0.3 is 0 Å². The normalized spacial score (nSPS) is 11.3. The number of hydrogen-bond donors (Lipinski definition) is 0. The Hall–Kier alpha value is -2.93. The number of hydrogen-bond acceptors (Lipinski definition) is 3. The van der Waals surface area contributed by atoms with Crippen molar-refractivity contribution in [3.05, 3.63) is 104 Å². The van der Waals surface area contributed by atoms with Gasteiger partial charge in [-0.25, -0.2) is 4.98 Å². The second-order valence-corrected chi connectivity index (χ2v) is 8.18. The summed E-state index contributed by atoms with van der Waals surface area (Å²) in [5.41, 5.74) is 2.91. The first kappa shape index (κ1) is 20.3. The van der Waals surface area contributed by atoms with Crippen molar-refractivity contribution in [1.82, 2.24) is 9.55 Å². The van der Waals surface area contributed by atoms with E-state index in [-0.39, 0.29) is 5.56 Å². The van der Waals surface area contributed by atoms with Gasteiger partial charge in [0.05, 0.1) is 18.0 Å². The summed E-state index contributed by atoms with van der Waals surface area (Å²) in [4.78, 5) is 18.1. The maximum atomic E-state index is 13.3. The predicted octanol–water partition coefficient (Wildman–Crippen LogP) is 5.42. The molecule has 4 nitrogen and oxygen atoms in total. The van der Waals surface area contributed by atoms with Gasteiger partial charge < -0.3 is 4.74 Å². The highest BCUT2D eigenvalue weighted by Crippen LogP contribution is 2.17. The maximum absolute atomic E-state index is 13.3. The van der Waals surface area contributed by atoms with Crippen LogP contribution in [0.3, 0.4) is 0 Å². The third kappa shape index (κ3) is 4.62. The molecule has 4 aromatic rings. The molecule has 0 fully saturated rings. The van der Waals surface area contributed by atoms with Crippen molar-refractivity contribution in [3.63, 3.8) is 0 Å². The number of aromatic nitrogens is 2. The molecule has 0 saturated heterocycles. The SMILES string of the molecule is COc1ccc(C=Cc2nc3ccc(I)cc3c(=O)n2CCc2ccccc2)cc1. The average Bonchev–Trinajstić information content (AvgIpc) is 2.78. The molecule has 0 saturated carbocycles. The van der Waals surface area contributed by atoms with Crippen molar-refractivity contribution in [1.29, 1.82) is 0 Å². The molecular weight excluding hydrogens is 487 g/mol. The van der Waals surface area contributed by atoms with E-state index in [2.05, 4.69) is 34.7 Å². The van der Waals surface area contributed by atoms with Crippen LogP contribution < -0.4 is 10.3 Å². The van der Waals surface area contributed by atoms with Gasteiger partial charge in [-0.2, -0.15) is 0 Å². The third-order valence-electron chi connectivity index (χ3n) is 4.95. The molecular formula is C25H21IN2O2. The third-order valence-corrected chi connectivity index (χ3v) is 5.62. The van der Waals surface area contributed by atoms with E-state index in [4.69, 9.17) is 9.72 Å². The minimum atomic E-state index is -0.0103. The zero-order valence-corrected chi connectivity index (χ0v) is 18.7. The zero-order chi connectivity index (χ0) is 20.9. The number of halogens is 1. The lowest BCUT2D eigenvalue weighted by Gasteiger charge is -2.12. The molecule has 3 aromatic carbocycles. The first-order valence-corrected chi connectivity index (χ1v) is 10.8. The molecule has 0 aliphatic heterocycles. The molecule has 0 aliphatic rings. The van der Waals surface area contributed by atoms with Gasteiger partial charge in [0, 0.05) is 10.1 Å². The van der Waals surface area contributed by atoms with E-state index in [1.165, 1.54) is 5.56 Å². The molecule has 0 amide bonds. The van der Waals surface area contributed by atoms with Gasteiger partial charge in [-0.3, -0.25) is 9.36 Å². The molecule has 0 unspecified atom stereocenters. The fourth-order valence-corrected chi connectivity index (χ4v) is 3.82. The van der Waals surface area contributed by atoms with Crippen LogP contribution in [0.2, 0.25) is 0 Å². The Morgan fingerprint density at radius 3 is 2.50 bits per heavy atom.